The number of hydrogen-bond donors (Lipinski definition) is 0. The van der Waals surface area contributed by atoms with Gasteiger partial charge in [0.15, 0.2) is 0 Å². The molecule has 160 valence electrons. The quantitative estimate of drug-likeness (QED) is 0.196. The van der Waals surface area contributed by atoms with Crippen molar-refractivity contribution < 1.29 is 0 Å². The van der Waals surface area contributed by atoms with Gasteiger partial charge in [-0.1, -0.05) is 81.2 Å². The monoisotopic (exact) mass is 496 g/mol. The maximum absolute atomic E-state index is 2.74. The third kappa shape index (κ3) is 3.66. The van der Waals surface area contributed by atoms with Crippen LogP contribution in [0.3, 0.4) is 0 Å². The van der Waals surface area contributed by atoms with Gasteiger partial charge in [-0.3, -0.25) is 0 Å². The highest BCUT2D eigenvalue weighted by Gasteiger charge is 2.58. The molecule has 28 heavy (non-hydrogen) atoms. The third-order valence-corrected chi connectivity index (χ3v) is 11.9. The minimum atomic E-state index is 0.571. The SMILES string of the molecule is CC(CI)CCC[C@@H](C)[C@H]1CC[C@H]2[C@@H]3CC=C4CCCC[C@]4(C)[C@H]3CC[C@]12C. The van der Waals surface area contributed by atoms with Crippen LogP contribution in [-0.4, -0.2) is 4.43 Å². The first-order valence-corrected chi connectivity index (χ1v) is 14.2. The van der Waals surface area contributed by atoms with E-state index in [-0.39, 0.29) is 0 Å². The van der Waals surface area contributed by atoms with Crippen LogP contribution in [0.25, 0.3) is 0 Å². The van der Waals surface area contributed by atoms with Gasteiger partial charge in [0.2, 0.25) is 0 Å². The molecule has 3 fully saturated rings. The van der Waals surface area contributed by atoms with Crippen molar-refractivity contribution in [3.63, 3.8) is 0 Å². The van der Waals surface area contributed by atoms with E-state index in [2.05, 4.69) is 56.4 Å². The van der Waals surface area contributed by atoms with E-state index in [1.807, 2.05) is 5.57 Å². The highest BCUT2D eigenvalue weighted by Crippen LogP contribution is 2.67. The number of halogens is 1. The number of rotatable bonds is 6. The van der Waals surface area contributed by atoms with E-state index >= 15 is 0 Å². The van der Waals surface area contributed by atoms with E-state index in [1.54, 1.807) is 0 Å². The highest BCUT2D eigenvalue weighted by molar-refractivity contribution is 14.1. The van der Waals surface area contributed by atoms with Crippen molar-refractivity contribution in [3.8, 4) is 0 Å². The molecule has 0 heterocycles. The fourth-order valence-corrected chi connectivity index (χ4v) is 9.18. The van der Waals surface area contributed by atoms with Crippen molar-refractivity contribution in [2.45, 2.75) is 105 Å². The Balaban J connectivity index is 1.45. The summed E-state index contributed by atoms with van der Waals surface area (Å²) in [4.78, 5) is 0. The van der Waals surface area contributed by atoms with Crippen LogP contribution >= 0.6 is 22.6 Å². The Kier molecular flexibility index (Phi) is 6.62. The fourth-order valence-electron chi connectivity index (χ4n) is 8.74. The predicted octanol–water partition coefficient (Wildman–Crippen LogP) is 8.83. The van der Waals surface area contributed by atoms with Crippen molar-refractivity contribution in [3.05, 3.63) is 11.6 Å². The lowest BCUT2D eigenvalue weighted by Gasteiger charge is -2.58. The van der Waals surface area contributed by atoms with Crippen molar-refractivity contribution in [2.75, 3.05) is 4.43 Å². The zero-order valence-corrected chi connectivity index (χ0v) is 21.3. The fraction of sp³-hybridized carbons (Fsp3) is 0.926. The molecule has 4 rings (SSSR count). The summed E-state index contributed by atoms with van der Waals surface area (Å²) in [5.41, 5.74) is 3.09. The van der Waals surface area contributed by atoms with Gasteiger partial charge in [0.25, 0.3) is 0 Å². The molecule has 1 unspecified atom stereocenters. The summed E-state index contributed by atoms with van der Waals surface area (Å²) in [6.45, 7) is 10.4. The summed E-state index contributed by atoms with van der Waals surface area (Å²) in [5, 5.41) is 0. The molecule has 0 spiro atoms. The van der Waals surface area contributed by atoms with Crippen LogP contribution in [-0.2, 0) is 0 Å². The maximum Gasteiger partial charge on any atom is 0.00210 e. The number of alkyl halides is 1. The normalized spacial score (nSPS) is 44.8. The van der Waals surface area contributed by atoms with Gasteiger partial charge in [-0.05, 0) is 104 Å². The summed E-state index contributed by atoms with van der Waals surface area (Å²) in [7, 11) is 0. The van der Waals surface area contributed by atoms with Gasteiger partial charge < -0.3 is 0 Å². The van der Waals surface area contributed by atoms with Crippen molar-refractivity contribution >= 4 is 22.6 Å². The Morgan fingerprint density at radius 1 is 1.04 bits per heavy atom. The van der Waals surface area contributed by atoms with Crippen LogP contribution in [0.4, 0.5) is 0 Å². The van der Waals surface area contributed by atoms with Crippen molar-refractivity contribution in [1.82, 2.24) is 0 Å². The first-order chi connectivity index (χ1) is 13.4. The third-order valence-electron chi connectivity index (χ3n) is 10.4. The molecule has 1 heteroatoms. The molecule has 0 N–H and O–H groups in total. The van der Waals surface area contributed by atoms with E-state index in [1.165, 1.54) is 81.5 Å². The van der Waals surface area contributed by atoms with Crippen LogP contribution in [0, 0.1) is 46.3 Å². The standard InChI is InChI=1S/C27H45I/c1-19(18-28)8-7-9-20(2)23-13-14-24-22-12-11-21-10-5-6-16-26(21,3)25(22)15-17-27(23,24)4/h11,19-20,22-25H,5-10,12-18H2,1-4H3/t19?,20-,22+,23-,24+,25+,26+,27-/m1/s1. The zero-order chi connectivity index (χ0) is 19.9. The predicted molar refractivity (Wildman–Crippen MR) is 131 cm³/mol. The Hall–Kier alpha value is 0.470. The minimum Gasteiger partial charge on any atom is -0.0861 e. The molecule has 0 nitrogen and oxygen atoms in total. The van der Waals surface area contributed by atoms with E-state index < -0.39 is 0 Å². The molecule has 0 amide bonds. The number of allylic oxidation sites excluding steroid dienone is 2. The topological polar surface area (TPSA) is 0 Å². The second-order valence-corrected chi connectivity index (χ2v) is 12.7. The number of hydrogen-bond acceptors (Lipinski definition) is 0. The lowest BCUT2D eigenvalue weighted by molar-refractivity contribution is -0.0500. The first kappa shape index (κ1) is 21.7. The van der Waals surface area contributed by atoms with Crippen LogP contribution < -0.4 is 0 Å². The molecule has 0 radical (unpaired) electrons. The summed E-state index contributed by atoms with van der Waals surface area (Å²) in [6.07, 6.45) is 20.5. The van der Waals surface area contributed by atoms with Gasteiger partial charge in [0.05, 0.1) is 0 Å². The second kappa shape index (κ2) is 8.54. The van der Waals surface area contributed by atoms with Gasteiger partial charge in [-0.2, -0.15) is 0 Å². The molecular formula is C27H45I. The summed E-state index contributed by atoms with van der Waals surface area (Å²) in [5.74, 6) is 5.87. The molecule has 0 aromatic carbocycles. The largest absolute Gasteiger partial charge is 0.0861 e. The molecule has 8 atom stereocenters. The van der Waals surface area contributed by atoms with E-state index in [0.29, 0.717) is 10.8 Å². The average Bonchev–Trinajstić information content (AvgIpc) is 3.04. The zero-order valence-electron chi connectivity index (χ0n) is 19.1. The first-order valence-electron chi connectivity index (χ1n) is 12.7. The van der Waals surface area contributed by atoms with E-state index in [0.717, 1.165) is 35.5 Å². The summed E-state index contributed by atoms with van der Waals surface area (Å²) < 4.78 is 1.33. The van der Waals surface area contributed by atoms with Crippen LogP contribution in [0.15, 0.2) is 11.6 Å². The molecule has 0 aliphatic heterocycles. The van der Waals surface area contributed by atoms with Gasteiger partial charge in [0.1, 0.15) is 0 Å². The smallest absolute Gasteiger partial charge is 0.00210 e. The Morgan fingerprint density at radius 2 is 1.86 bits per heavy atom. The molecule has 0 aromatic heterocycles. The van der Waals surface area contributed by atoms with Crippen LogP contribution in [0.1, 0.15) is 105 Å². The second-order valence-electron chi connectivity index (χ2n) is 11.9. The Morgan fingerprint density at radius 3 is 2.64 bits per heavy atom. The minimum absolute atomic E-state index is 0.571. The highest BCUT2D eigenvalue weighted by atomic mass is 127. The molecule has 4 aliphatic carbocycles. The lowest BCUT2D eigenvalue weighted by Crippen LogP contribution is -2.50. The van der Waals surface area contributed by atoms with Crippen LogP contribution in [0.5, 0.6) is 0 Å². The Bertz CT molecular complexity index is 579. The van der Waals surface area contributed by atoms with Gasteiger partial charge in [0, 0.05) is 4.43 Å². The Labute approximate surface area is 189 Å². The van der Waals surface area contributed by atoms with Gasteiger partial charge in [-0.25, -0.2) is 0 Å². The van der Waals surface area contributed by atoms with E-state index in [4.69, 9.17) is 0 Å². The molecule has 0 saturated heterocycles. The van der Waals surface area contributed by atoms with E-state index in [9.17, 15) is 0 Å². The molecule has 0 aromatic rings. The summed E-state index contributed by atoms with van der Waals surface area (Å²) in [6, 6.07) is 0. The van der Waals surface area contributed by atoms with Crippen LogP contribution in [0.2, 0.25) is 0 Å². The molecule has 3 saturated carbocycles. The molecule has 0 bridgehead atoms. The molecular weight excluding hydrogens is 451 g/mol. The van der Waals surface area contributed by atoms with Crippen molar-refractivity contribution in [1.29, 1.82) is 0 Å². The maximum atomic E-state index is 2.74. The van der Waals surface area contributed by atoms with Gasteiger partial charge in [-0.15, -0.1) is 0 Å². The van der Waals surface area contributed by atoms with Crippen molar-refractivity contribution in [2.24, 2.45) is 46.3 Å². The number of fused-ring (bicyclic) bond motifs is 5. The lowest BCUT2D eigenvalue weighted by atomic mass is 9.47. The van der Waals surface area contributed by atoms with Gasteiger partial charge >= 0.3 is 0 Å². The average molecular weight is 497 g/mol. The molecule has 4 aliphatic rings. The summed E-state index contributed by atoms with van der Waals surface area (Å²) >= 11 is 2.56.